The van der Waals surface area contributed by atoms with E-state index in [2.05, 4.69) is 0 Å². The van der Waals surface area contributed by atoms with Crippen LogP contribution in [0, 0.1) is 5.41 Å². The lowest BCUT2D eigenvalue weighted by Crippen LogP contribution is -2.46. The molecule has 3 aliphatic heterocycles. The van der Waals surface area contributed by atoms with Gasteiger partial charge in [-0.05, 0) is 0 Å². The summed E-state index contributed by atoms with van der Waals surface area (Å²) >= 11 is 0. The number of hydrogen-bond donors (Lipinski definition) is 1. The highest BCUT2D eigenvalue weighted by Gasteiger charge is 2.91. The SMILES string of the molecule is O=C(O)[C@@]12C[C@]13COC2O3. The van der Waals surface area contributed by atoms with Gasteiger partial charge in [-0.2, -0.15) is 0 Å². The fourth-order valence-electron chi connectivity index (χ4n) is 2.07. The fourth-order valence-corrected chi connectivity index (χ4v) is 2.07. The Bertz CT molecular complexity index is 234. The van der Waals surface area contributed by atoms with Crippen molar-refractivity contribution in [2.75, 3.05) is 6.61 Å². The summed E-state index contributed by atoms with van der Waals surface area (Å²) in [5.41, 5.74) is -1.03. The highest BCUT2D eigenvalue weighted by Crippen LogP contribution is 2.75. The van der Waals surface area contributed by atoms with Gasteiger partial charge in [0.2, 0.25) is 0 Å². The Balaban J connectivity index is 2.07. The first-order valence-electron chi connectivity index (χ1n) is 3.24. The Hall–Kier alpha value is -0.610. The van der Waals surface area contributed by atoms with Crippen LogP contribution in [-0.4, -0.2) is 29.6 Å². The number of aliphatic carboxylic acids is 1. The van der Waals surface area contributed by atoms with Crippen molar-refractivity contribution >= 4 is 5.97 Å². The molecule has 4 nitrogen and oxygen atoms in total. The summed E-state index contributed by atoms with van der Waals surface area (Å²) in [6, 6.07) is 0. The normalized spacial score (nSPS) is 61.0. The summed E-state index contributed by atoms with van der Waals surface area (Å²) in [4.78, 5) is 10.6. The molecule has 1 spiro atoms. The van der Waals surface area contributed by atoms with Crippen LogP contribution >= 0.6 is 0 Å². The Morgan fingerprint density at radius 3 is 2.70 bits per heavy atom. The Morgan fingerprint density at radius 1 is 1.70 bits per heavy atom. The molecular weight excluding hydrogens is 136 g/mol. The number of ether oxygens (including phenoxy) is 2. The number of hydrogen-bond acceptors (Lipinski definition) is 3. The molecule has 4 rings (SSSR count). The summed E-state index contributed by atoms with van der Waals surface area (Å²) in [7, 11) is 0. The predicted octanol–water partition coefficient (Wildman–Crippen LogP) is -0.414. The number of carbonyl (C=O) groups is 1. The first-order valence-corrected chi connectivity index (χ1v) is 3.24. The van der Waals surface area contributed by atoms with Crippen molar-refractivity contribution in [3.05, 3.63) is 0 Å². The van der Waals surface area contributed by atoms with Gasteiger partial charge in [0.15, 0.2) is 11.7 Å². The summed E-state index contributed by atoms with van der Waals surface area (Å²) in [5, 5.41) is 8.75. The molecule has 0 aromatic rings. The smallest absolute Gasteiger partial charge is 0.318 e. The minimum absolute atomic E-state index is 0.399. The summed E-state index contributed by atoms with van der Waals surface area (Å²) in [6.45, 7) is 0.476. The van der Waals surface area contributed by atoms with E-state index in [1.54, 1.807) is 0 Å². The summed E-state index contributed by atoms with van der Waals surface area (Å²) < 4.78 is 10.2. The summed E-state index contributed by atoms with van der Waals surface area (Å²) in [6.07, 6.45) is 0.213. The average molecular weight is 142 g/mol. The van der Waals surface area contributed by atoms with E-state index in [1.807, 2.05) is 0 Å². The van der Waals surface area contributed by atoms with Crippen molar-refractivity contribution in [3.8, 4) is 0 Å². The molecule has 3 atom stereocenters. The molecule has 3 heterocycles. The van der Waals surface area contributed by atoms with Crippen molar-refractivity contribution < 1.29 is 19.4 Å². The molecule has 10 heavy (non-hydrogen) atoms. The molecule has 1 N–H and O–H groups in total. The number of carboxylic acids is 1. The maximum Gasteiger partial charge on any atom is 0.318 e. The number of rotatable bonds is 1. The zero-order valence-corrected chi connectivity index (χ0v) is 5.16. The van der Waals surface area contributed by atoms with Crippen LogP contribution in [-0.2, 0) is 14.3 Å². The van der Waals surface area contributed by atoms with Crippen LogP contribution in [0.3, 0.4) is 0 Å². The summed E-state index contributed by atoms with van der Waals surface area (Å²) in [5.74, 6) is -0.763. The molecule has 1 saturated carbocycles. The standard InChI is InChI=1S/C6H6O4/c7-3(8)6-1-5(6)2-9-4(6)10-5/h4H,1-2H2,(H,7,8)/t4?,5-,6+/m0/s1. The first-order chi connectivity index (χ1) is 4.71. The van der Waals surface area contributed by atoms with Gasteiger partial charge in [-0.25, -0.2) is 0 Å². The molecule has 0 aromatic heterocycles. The minimum atomic E-state index is -0.763. The average Bonchev–Trinajstić information content (AvgIpc) is 2.32. The van der Waals surface area contributed by atoms with Crippen LogP contribution in [0.1, 0.15) is 6.42 Å². The molecule has 54 valence electrons. The number of carboxylic acid groups (broad SMARTS) is 1. The fraction of sp³-hybridized carbons (Fsp3) is 0.833. The van der Waals surface area contributed by atoms with Crippen LogP contribution in [0.4, 0.5) is 0 Å². The van der Waals surface area contributed by atoms with E-state index in [0.717, 1.165) is 0 Å². The van der Waals surface area contributed by atoms with Crippen molar-refractivity contribution in [2.24, 2.45) is 5.41 Å². The van der Waals surface area contributed by atoms with Gasteiger partial charge >= 0.3 is 5.97 Å². The topological polar surface area (TPSA) is 55.8 Å². The second-order valence-electron chi connectivity index (χ2n) is 3.21. The second kappa shape index (κ2) is 1.00. The highest BCUT2D eigenvalue weighted by molar-refractivity contribution is 5.84. The van der Waals surface area contributed by atoms with E-state index in [4.69, 9.17) is 14.6 Å². The Labute approximate surface area is 56.7 Å². The van der Waals surface area contributed by atoms with Gasteiger partial charge in [0.25, 0.3) is 0 Å². The highest BCUT2D eigenvalue weighted by atomic mass is 16.8. The van der Waals surface area contributed by atoms with Crippen LogP contribution in [0.2, 0.25) is 0 Å². The quantitative estimate of drug-likeness (QED) is 0.540. The molecule has 3 saturated heterocycles. The van der Waals surface area contributed by atoms with Gasteiger partial charge in [0.05, 0.1) is 6.61 Å². The second-order valence-corrected chi connectivity index (χ2v) is 3.21. The predicted molar refractivity (Wildman–Crippen MR) is 28.2 cm³/mol. The van der Waals surface area contributed by atoms with Crippen molar-refractivity contribution in [1.29, 1.82) is 0 Å². The minimum Gasteiger partial charge on any atom is -0.481 e. The van der Waals surface area contributed by atoms with E-state index in [-0.39, 0.29) is 0 Å². The molecule has 0 amide bonds. The van der Waals surface area contributed by atoms with Crippen molar-refractivity contribution in [3.63, 3.8) is 0 Å². The van der Waals surface area contributed by atoms with E-state index in [1.165, 1.54) is 0 Å². The lowest BCUT2D eigenvalue weighted by atomic mass is 9.99. The van der Waals surface area contributed by atoms with Crippen LogP contribution in [0.15, 0.2) is 0 Å². The number of fused-ring (bicyclic) bond motifs is 1. The zero-order valence-electron chi connectivity index (χ0n) is 5.16. The maximum absolute atomic E-state index is 10.6. The molecule has 1 aliphatic carbocycles. The van der Waals surface area contributed by atoms with E-state index in [9.17, 15) is 4.79 Å². The lowest BCUT2D eigenvalue weighted by molar-refractivity contribution is -0.208. The van der Waals surface area contributed by atoms with Gasteiger partial charge in [-0.3, -0.25) is 4.79 Å². The zero-order chi connectivity index (χ0) is 6.98. The Morgan fingerprint density at radius 2 is 2.50 bits per heavy atom. The van der Waals surface area contributed by atoms with Gasteiger partial charge in [-0.15, -0.1) is 0 Å². The van der Waals surface area contributed by atoms with Crippen LogP contribution in [0.5, 0.6) is 0 Å². The largest absolute Gasteiger partial charge is 0.481 e. The molecule has 4 aliphatic rings. The molecule has 4 fully saturated rings. The van der Waals surface area contributed by atoms with Gasteiger partial charge in [0, 0.05) is 6.42 Å². The lowest BCUT2D eigenvalue weighted by Gasteiger charge is -2.28. The van der Waals surface area contributed by atoms with Crippen LogP contribution < -0.4 is 0 Å². The third-order valence-corrected chi connectivity index (χ3v) is 2.84. The van der Waals surface area contributed by atoms with E-state index in [0.29, 0.717) is 13.0 Å². The third-order valence-electron chi connectivity index (χ3n) is 2.84. The monoisotopic (exact) mass is 142 g/mol. The van der Waals surface area contributed by atoms with E-state index < -0.39 is 23.3 Å². The molecular formula is C6H6O4. The van der Waals surface area contributed by atoms with E-state index >= 15 is 0 Å². The molecule has 0 aromatic carbocycles. The van der Waals surface area contributed by atoms with Crippen molar-refractivity contribution in [1.82, 2.24) is 0 Å². The molecule has 2 bridgehead atoms. The van der Waals surface area contributed by atoms with Crippen molar-refractivity contribution in [2.45, 2.75) is 18.3 Å². The molecule has 1 unspecified atom stereocenters. The third kappa shape index (κ3) is 0.241. The van der Waals surface area contributed by atoms with Gasteiger partial charge in [0.1, 0.15) is 5.60 Å². The Kier molecular flexibility index (Phi) is 0.510. The molecule has 0 radical (unpaired) electrons. The van der Waals surface area contributed by atoms with Crippen LogP contribution in [0.25, 0.3) is 0 Å². The van der Waals surface area contributed by atoms with Gasteiger partial charge in [-0.1, -0.05) is 0 Å². The first kappa shape index (κ1) is 5.09. The van der Waals surface area contributed by atoms with Gasteiger partial charge < -0.3 is 14.6 Å². The molecule has 4 heteroatoms. The maximum atomic E-state index is 10.6.